The second-order valence-electron chi connectivity index (χ2n) is 5.20. The van der Waals surface area contributed by atoms with E-state index in [0.29, 0.717) is 6.54 Å². The third-order valence-electron chi connectivity index (χ3n) is 3.36. The van der Waals surface area contributed by atoms with Crippen molar-refractivity contribution in [3.8, 4) is 0 Å². The second kappa shape index (κ2) is 7.41. The van der Waals surface area contributed by atoms with Crippen molar-refractivity contribution >= 4 is 17.5 Å². The number of hydrogen-bond acceptors (Lipinski definition) is 2. The van der Waals surface area contributed by atoms with E-state index in [1.807, 2.05) is 61.5 Å². The number of para-hydroxylation sites is 1. The summed E-state index contributed by atoms with van der Waals surface area (Å²) in [6, 6.07) is 17.2. The molecule has 0 aliphatic heterocycles. The summed E-state index contributed by atoms with van der Waals surface area (Å²) in [5.74, 6) is -0.337. The normalized spacial score (nSPS) is 10.1. The van der Waals surface area contributed by atoms with Gasteiger partial charge in [-0.2, -0.15) is 0 Å². The van der Waals surface area contributed by atoms with Gasteiger partial charge in [0.2, 0.25) is 11.8 Å². The van der Waals surface area contributed by atoms with Gasteiger partial charge in [0.05, 0.1) is 0 Å². The molecule has 1 N–H and O–H groups in total. The molecule has 4 heteroatoms. The standard InChI is InChI=1S/C18H20N2O2/c1-14-8-10-16(11-9-14)12-19-18(22)13-20(15(2)21)17-6-4-3-5-7-17/h3-11H,12-13H2,1-2H3,(H,19,22). The lowest BCUT2D eigenvalue weighted by Gasteiger charge is -2.20. The van der Waals surface area contributed by atoms with E-state index in [0.717, 1.165) is 11.3 Å². The summed E-state index contributed by atoms with van der Waals surface area (Å²) < 4.78 is 0. The van der Waals surface area contributed by atoms with E-state index in [1.165, 1.54) is 17.4 Å². The van der Waals surface area contributed by atoms with Gasteiger partial charge in [0.1, 0.15) is 6.54 Å². The van der Waals surface area contributed by atoms with Crippen LogP contribution in [0.1, 0.15) is 18.1 Å². The number of carbonyl (C=O) groups is 2. The number of hydrogen-bond donors (Lipinski definition) is 1. The molecule has 0 heterocycles. The fraction of sp³-hybridized carbons (Fsp3) is 0.222. The van der Waals surface area contributed by atoms with Crippen LogP contribution in [-0.2, 0) is 16.1 Å². The van der Waals surface area contributed by atoms with Crippen molar-refractivity contribution in [2.45, 2.75) is 20.4 Å². The Morgan fingerprint density at radius 1 is 1.00 bits per heavy atom. The Kier molecular flexibility index (Phi) is 5.31. The van der Waals surface area contributed by atoms with Crippen molar-refractivity contribution in [1.29, 1.82) is 0 Å². The molecule has 2 aromatic rings. The third kappa shape index (κ3) is 4.45. The minimum Gasteiger partial charge on any atom is -0.350 e. The first-order chi connectivity index (χ1) is 10.6. The van der Waals surface area contributed by atoms with Gasteiger partial charge in [0.25, 0.3) is 0 Å². The highest BCUT2D eigenvalue weighted by atomic mass is 16.2. The van der Waals surface area contributed by atoms with Gasteiger partial charge in [-0.3, -0.25) is 9.59 Å². The van der Waals surface area contributed by atoms with Crippen molar-refractivity contribution < 1.29 is 9.59 Å². The van der Waals surface area contributed by atoms with Crippen LogP contribution < -0.4 is 10.2 Å². The number of carbonyl (C=O) groups excluding carboxylic acids is 2. The predicted octanol–water partition coefficient (Wildman–Crippen LogP) is 2.66. The highest BCUT2D eigenvalue weighted by Gasteiger charge is 2.15. The lowest BCUT2D eigenvalue weighted by atomic mass is 10.1. The van der Waals surface area contributed by atoms with Gasteiger partial charge < -0.3 is 10.2 Å². The molecule has 0 bridgehead atoms. The van der Waals surface area contributed by atoms with Crippen molar-refractivity contribution in [2.24, 2.45) is 0 Å². The van der Waals surface area contributed by atoms with Crippen LogP contribution in [0.25, 0.3) is 0 Å². The molecule has 0 aliphatic rings. The summed E-state index contributed by atoms with van der Waals surface area (Å²) >= 11 is 0. The van der Waals surface area contributed by atoms with E-state index < -0.39 is 0 Å². The first-order valence-electron chi connectivity index (χ1n) is 7.21. The second-order valence-corrected chi connectivity index (χ2v) is 5.20. The molecule has 22 heavy (non-hydrogen) atoms. The number of benzene rings is 2. The molecule has 114 valence electrons. The summed E-state index contributed by atoms with van der Waals surface area (Å²) in [6.45, 7) is 3.96. The maximum Gasteiger partial charge on any atom is 0.240 e. The van der Waals surface area contributed by atoms with Crippen LogP contribution in [0.3, 0.4) is 0 Å². The molecule has 0 atom stereocenters. The predicted molar refractivity (Wildman–Crippen MR) is 87.5 cm³/mol. The molecule has 2 amide bonds. The molecule has 0 unspecified atom stereocenters. The van der Waals surface area contributed by atoms with Crippen molar-refractivity contribution in [3.05, 3.63) is 65.7 Å². The molecular formula is C18H20N2O2. The molecular weight excluding hydrogens is 276 g/mol. The van der Waals surface area contributed by atoms with E-state index in [4.69, 9.17) is 0 Å². The Hall–Kier alpha value is -2.62. The van der Waals surface area contributed by atoms with Crippen LogP contribution in [0.15, 0.2) is 54.6 Å². The highest BCUT2D eigenvalue weighted by molar-refractivity contribution is 5.97. The van der Waals surface area contributed by atoms with Crippen LogP contribution in [0, 0.1) is 6.92 Å². The first kappa shape index (κ1) is 15.8. The molecule has 4 nitrogen and oxygen atoms in total. The van der Waals surface area contributed by atoms with Crippen LogP contribution in [-0.4, -0.2) is 18.4 Å². The number of aryl methyl sites for hydroxylation is 1. The maximum atomic E-state index is 12.1. The van der Waals surface area contributed by atoms with E-state index in [1.54, 1.807) is 0 Å². The molecule has 0 fully saturated rings. The fourth-order valence-electron chi connectivity index (χ4n) is 2.10. The zero-order valence-electron chi connectivity index (χ0n) is 12.9. The number of anilines is 1. The molecule has 0 saturated heterocycles. The Balaban J connectivity index is 1.94. The van der Waals surface area contributed by atoms with E-state index in [2.05, 4.69) is 5.32 Å². The van der Waals surface area contributed by atoms with Gasteiger partial charge in [-0.05, 0) is 24.6 Å². The van der Waals surface area contributed by atoms with Gasteiger partial charge in [0, 0.05) is 19.2 Å². The van der Waals surface area contributed by atoms with E-state index in [9.17, 15) is 9.59 Å². The smallest absolute Gasteiger partial charge is 0.240 e. The Morgan fingerprint density at radius 3 is 2.23 bits per heavy atom. The lowest BCUT2D eigenvalue weighted by Crippen LogP contribution is -2.39. The summed E-state index contributed by atoms with van der Waals surface area (Å²) in [7, 11) is 0. The average Bonchev–Trinajstić information content (AvgIpc) is 2.52. The highest BCUT2D eigenvalue weighted by Crippen LogP contribution is 2.13. The van der Waals surface area contributed by atoms with Gasteiger partial charge >= 0.3 is 0 Å². The van der Waals surface area contributed by atoms with Gasteiger partial charge in [-0.25, -0.2) is 0 Å². The van der Waals surface area contributed by atoms with E-state index in [-0.39, 0.29) is 18.4 Å². The van der Waals surface area contributed by atoms with E-state index >= 15 is 0 Å². The summed E-state index contributed by atoms with van der Waals surface area (Å²) in [5, 5.41) is 2.84. The molecule has 0 radical (unpaired) electrons. The molecule has 0 aromatic heterocycles. The average molecular weight is 296 g/mol. The first-order valence-corrected chi connectivity index (χ1v) is 7.21. The number of nitrogens with one attached hydrogen (secondary N) is 1. The molecule has 2 rings (SSSR count). The van der Waals surface area contributed by atoms with Gasteiger partial charge in [-0.1, -0.05) is 48.0 Å². The monoisotopic (exact) mass is 296 g/mol. The SMILES string of the molecule is CC(=O)N(CC(=O)NCc1ccc(C)cc1)c1ccccc1. The van der Waals surface area contributed by atoms with Crippen LogP contribution >= 0.6 is 0 Å². The Morgan fingerprint density at radius 2 is 1.64 bits per heavy atom. The number of amides is 2. The minimum absolute atomic E-state index is 0.0191. The van der Waals surface area contributed by atoms with Crippen molar-refractivity contribution in [2.75, 3.05) is 11.4 Å². The summed E-state index contributed by atoms with van der Waals surface area (Å²) in [5.41, 5.74) is 2.94. The number of nitrogens with zero attached hydrogens (tertiary/aromatic N) is 1. The molecule has 0 spiro atoms. The Labute approximate surface area is 130 Å². The lowest BCUT2D eigenvalue weighted by molar-refractivity contribution is -0.123. The van der Waals surface area contributed by atoms with Gasteiger partial charge in [-0.15, -0.1) is 0 Å². The van der Waals surface area contributed by atoms with Crippen molar-refractivity contribution in [1.82, 2.24) is 5.32 Å². The fourth-order valence-corrected chi connectivity index (χ4v) is 2.10. The molecule has 0 saturated carbocycles. The molecule has 0 aliphatic carbocycles. The third-order valence-corrected chi connectivity index (χ3v) is 3.36. The van der Waals surface area contributed by atoms with Crippen LogP contribution in [0.2, 0.25) is 0 Å². The zero-order chi connectivity index (χ0) is 15.9. The summed E-state index contributed by atoms with van der Waals surface area (Å²) in [4.78, 5) is 25.3. The Bertz CT molecular complexity index is 636. The molecule has 2 aromatic carbocycles. The van der Waals surface area contributed by atoms with Crippen molar-refractivity contribution in [3.63, 3.8) is 0 Å². The topological polar surface area (TPSA) is 49.4 Å². The zero-order valence-corrected chi connectivity index (χ0v) is 12.9. The maximum absolute atomic E-state index is 12.1. The quantitative estimate of drug-likeness (QED) is 0.922. The van der Waals surface area contributed by atoms with Crippen LogP contribution in [0.5, 0.6) is 0 Å². The minimum atomic E-state index is -0.181. The largest absolute Gasteiger partial charge is 0.350 e. The van der Waals surface area contributed by atoms with Gasteiger partial charge in [0.15, 0.2) is 0 Å². The summed E-state index contributed by atoms with van der Waals surface area (Å²) in [6.07, 6.45) is 0. The van der Waals surface area contributed by atoms with Crippen LogP contribution in [0.4, 0.5) is 5.69 Å². The number of rotatable bonds is 5.